The van der Waals surface area contributed by atoms with Crippen molar-refractivity contribution in [3.8, 4) is 17.2 Å². The summed E-state index contributed by atoms with van der Waals surface area (Å²) in [6.45, 7) is 1.96. The molecule has 0 saturated heterocycles. The average Bonchev–Trinajstić information content (AvgIpc) is 3.10. The van der Waals surface area contributed by atoms with Crippen LogP contribution in [0.15, 0.2) is 36.4 Å². The number of hydrogen-bond acceptors (Lipinski definition) is 6. The highest BCUT2D eigenvalue weighted by Crippen LogP contribution is 2.36. The molecule has 0 aromatic heterocycles. The molecule has 2 aromatic rings. The van der Waals surface area contributed by atoms with E-state index in [0.29, 0.717) is 29.2 Å². The number of carbonyl (C=O) groups is 1. The molecule has 144 valence electrons. The summed E-state index contributed by atoms with van der Waals surface area (Å²) in [7, 11) is 0. The average molecular weight is 485 g/mol. The van der Waals surface area contributed by atoms with Gasteiger partial charge in [-0.15, -0.1) is 0 Å². The van der Waals surface area contributed by atoms with Crippen molar-refractivity contribution in [3.05, 3.63) is 45.5 Å². The number of benzene rings is 2. The molecule has 1 heterocycles. The van der Waals surface area contributed by atoms with E-state index in [1.165, 1.54) is 0 Å². The molecule has 1 amide bonds. The minimum absolute atomic E-state index is 0.0427. The Balaban J connectivity index is 1.77. The van der Waals surface area contributed by atoms with Gasteiger partial charge in [0.25, 0.3) is 0 Å². The van der Waals surface area contributed by atoms with Crippen LogP contribution in [0.25, 0.3) is 0 Å². The van der Waals surface area contributed by atoms with Crippen LogP contribution in [-0.2, 0) is 4.74 Å². The third kappa shape index (κ3) is 4.75. The molecule has 3 N–H and O–H groups in total. The molecule has 0 spiro atoms. The van der Waals surface area contributed by atoms with Crippen molar-refractivity contribution >= 4 is 34.4 Å². The highest BCUT2D eigenvalue weighted by molar-refractivity contribution is 14.1. The van der Waals surface area contributed by atoms with Gasteiger partial charge in [0, 0.05) is 27.5 Å². The topological polar surface area (TPSA) is 97.3 Å². The molecular formula is C19H20INO6. The summed E-state index contributed by atoms with van der Waals surface area (Å²) in [4.78, 5) is 12.4. The van der Waals surface area contributed by atoms with Gasteiger partial charge in [0.05, 0.1) is 0 Å². The summed E-state index contributed by atoms with van der Waals surface area (Å²) >= 11 is 2.13. The zero-order chi connectivity index (χ0) is 19.4. The normalized spacial score (nSPS) is 14.5. The van der Waals surface area contributed by atoms with Crippen molar-refractivity contribution in [2.75, 3.05) is 18.7 Å². The van der Waals surface area contributed by atoms with Gasteiger partial charge in [-0.25, -0.2) is 4.79 Å². The Bertz CT molecular complexity index is 828. The number of hydrogen-bond donors (Lipinski definition) is 3. The number of halogens is 1. The largest absolute Gasteiger partial charge is 0.508 e. The van der Waals surface area contributed by atoms with E-state index in [4.69, 9.17) is 14.2 Å². The van der Waals surface area contributed by atoms with E-state index in [-0.39, 0.29) is 25.1 Å². The molecule has 0 unspecified atom stereocenters. The molecule has 0 saturated carbocycles. The van der Waals surface area contributed by atoms with Gasteiger partial charge in [0.2, 0.25) is 6.79 Å². The van der Waals surface area contributed by atoms with E-state index < -0.39 is 12.2 Å². The van der Waals surface area contributed by atoms with Crippen LogP contribution in [0.3, 0.4) is 0 Å². The zero-order valence-electron chi connectivity index (χ0n) is 14.6. The van der Waals surface area contributed by atoms with Crippen LogP contribution in [0.5, 0.6) is 17.2 Å². The third-order valence-electron chi connectivity index (χ3n) is 4.25. The van der Waals surface area contributed by atoms with E-state index in [9.17, 15) is 15.0 Å². The van der Waals surface area contributed by atoms with Crippen LogP contribution in [0.4, 0.5) is 10.5 Å². The number of anilines is 1. The maximum atomic E-state index is 12.4. The molecule has 0 bridgehead atoms. The van der Waals surface area contributed by atoms with Gasteiger partial charge in [-0.1, -0.05) is 6.92 Å². The Hall–Kier alpha value is -2.20. The number of ether oxygens (including phenoxy) is 3. The van der Waals surface area contributed by atoms with Crippen molar-refractivity contribution in [2.24, 2.45) is 5.92 Å². The van der Waals surface area contributed by atoms with Crippen molar-refractivity contribution in [3.63, 3.8) is 0 Å². The summed E-state index contributed by atoms with van der Waals surface area (Å²) in [5.41, 5.74) is 1.01. The van der Waals surface area contributed by atoms with Gasteiger partial charge in [0.1, 0.15) is 11.9 Å². The first-order valence-electron chi connectivity index (χ1n) is 8.44. The predicted octanol–water partition coefficient (Wildman–Crippen LogP) is 4.03. The van der Waals surface area contributed by atoms with Gasteiger partial charge in [-0.3, -0.25) is 5.32 Å². The molecule has 7 nitrogen and oxygen atoms in total. The lowest BCUT2D eigenvalue weighted by Gasteiger charge is -2.25. The van der Waals surface area contributed by atoms with E-state index in [0.717, 1.165) is 3.57 Å². The molecule has 0 radical (unpaired) electrons. The molecule has 0 aliphatic carbocycles. The number of fused-ring (bicyclic) bond motifs is 1. The number of aromatic hydroxyl groups is 1. The molecular weight excluding hydrogens is 465 g/mol. The summed E-state index contributed by atoms with van der Waals surface area (Å²) < 4.78 is 17.1. The van der Waals surface area contributed by atoms with Crippen LogP contribution < -0.4 is 14.8 Å². The summed E-state index contributed by atoms with van der Waals surface area (Å²) in [5, 5.41) is 22.2. The number of phenols is 1. The van der Waals surface area contributed by atoms with Crippen LogP contribution in [0.1, 0.15) is 25.0 Å². The summed E-state index contributed by atoms with van der Waals surface area (Å²) in [5.74, 6) is 1.02. The molecule has 1 aliphatic rings. The second-order valence-electron chi connectivity index (χ2n) is 6.21. The second-order valence-corrected chi connectivity index (χ2v) is 7.46. The fourth-order valence-electron chi connectivity index (χ4n) is 2.83. The zero-order valence-corrected chi connectivity index (χ0v) is 16.8. The minimum Gasteiger partial charge on any atom is -0.508 e. The highest BCUT2D eigenvalue weighted by atomic mass is 127. The van der Waals surface area contributed by atoms with Gasteiger partial charge in [-0.05, 0) is 65.3 Å². The third-order valence-corrected chi connectivity index (χ3v) is 4.92. The van der Waals surface area contributed by atoms with E-state index in [2.05, 4.69) is 27.9 Å². The Labute approximate surface area is 170 Å². The van der Waals surface area contributed by atoms with Crippen LogP contribution >= 0.6 is 22.6 Å². The second kappa shape index (κ2) is 8.66. The van der Waals surface area contributed by atoms with Crippen LogP contribution in [0, 0.1) is 9.49 Å². The lowest BCUT2D eigenvalue weighted by molar-refractivity contribution is 0.0652. The Morgan fingerprint density at radius 2 is 2.04 bits per heavy atom. The number of nitrogens with one attached hydrogen (secondary N) is 1. The SMILES string of the molecule is C[C@@H](CCO)[C@@H](OC(=O)Nc1ccc2c(c1)OCO2)c1cc(I)ccc1O. The fraction of sp³-hybridized carbons (Fsp3) is 0.316. The van der Waals surface area contributed by atoms with Crippen LogP contribution in [-0.4, -0.2) is 29.7 Å². The number of aliphatic hydroxyl groups is 1. The van der Waals surface area contributed by atoms with Crippen molar-refractivity contribution in [1.29, 1.82) is 0 Å². The molecule has 2 atom stereocenters. The number of aliphatic hydroxyl groups excluding tert-OH is 1. The number of carbonyl (C=O) groups excluding carboxylic acids is 1. The van der Waals surface area contributed by atoms with E-state index in [1.807, 2.05) is 6.92 Å². The van der Waals surface area contributed by atoms with E-state index in [1.54, 1.807) is 36.4 Å². The lowest BCUT2D eigenvalue weighted by Crippen LogP contribution is -2.22. The smallest absolute Gasteiger partial charge is 0.412 e. The first-order chi connectivity index (χ1) is 13.0. The maximum Gasteiger partial charge on any atom is 0.412 e. The summed E-state index contributed by atoms with van der Waals surface area (Å²) in [6, 6.07) is 10.1. The first-order valence-corrected chi connectivity index (χ1v) is 9.52. The molecule has 27 heavy (non-hydrogen) atoms. The van der Waals surface area contributed by atoms with E-state index >= 15 is 0 Å². The quantitative estimate of drug-likeness (QED) is 0.535. The predicted molar refractivity (Wildman–Crippen MR) is 107 cm³/mol. The van der Waals surface area contributed by atoms with Gasteiger partial charge < -0.3 is 24.4 Å². The highest BCUT2D eigenvalue weighted by Gasteiger charge is 2.26. The Morgan fingerprint density at radius 1 is 1.26 bits per heavy atom. The Morgan fingerprint density at radius 3 is 2.81 bits per heavy atom. The molecule has 2 aromatic carbocycles. The number of amides is 1. The minimum atomic E-state index is -0.708. The molecule has 3 rings (SSSR count). The summed E-state index contributed by atoms with van der Waals surface area (Å²) in [6.07, 6.45) is -0.949. The van der Waals surface area contributed by atoms with Gasteiger partial charge >= 0.3 is 6.09 Å². The number of rotatable bonds is 6. The molecule has 1 aliphatic heterocycles. The van der Waals surface area contributed by atoms with Crippen molar-refractivity contribution < 1.29 is 29.2 Å². The van der Waals surface area contributed by atoms with Crippen molar-refractivity contribution in [1.82, 2.24) is 0 Å². The van der Waals surface area contributed by atoms with Gasteiger partial charge in [-0.2, -0.15) is 0 Å². The molecule has 8 heteroatoms. The fourth-order valence-corrected chi connectivity index (χ4v) is 3.35. The van der Waals surface area contributed by atoms with Gasteiger partial charge in [0.15, 0.2) is 11.5 Å². The lowest BCUT2D eigenvalue weighted by atomic mass is 9.94. The monoisotopic (exact) mass is 485 g/mol. The Kier molecular flexibility index (Phi) is 6.27. The molecule has 0 fully saturated rings. The first kappa shape index (κ1) is 19.6. The van der Waals surface area contributed by atoms with Crippen LogP contribution in [0.2, 0.25) is 0 Å². The number of phenolic OH excluding ortho intramolecular Hbond substituents is 1. The van der Waals surface area contributed by atoms with Crippen molar-refractivity contribution in [2.45, 2.75) is 19.4 Å². The standard InChI is InChI=1S/C19H20INO6/c1-11(6-7-22)18(14-8-12(20)2-4-15(14)23)27-19(24)21-13-3-5-16-17(9-13)26-10-25-16/h2-5,8-9,11,18,22-23H,6-7,10H2,1H3,(H,21,24)/t11-,18+/m0/s1. The maximum absolute atomic E-state index is 12.4.